The molecule has 0 amide bonds. The number of benzene rings is 4. The number of nitrogens with zero attached hydrogens (tertiary/aromatic N) is 1. The lowest BCUT2D eigenvalue weighted by molar-refractivity contribution is 0.377. The van der Waals surface area contributed by atoms with Crippen molar-refractivity contribution >= 4 is 17.1 Å². The molecule has 1 N–H and O–H groups in total. The van der Waals surface area contributed by atoms with Crippen molar-refractivity contribution in [1.82, 2.24) is 5.32 Å². The van der Waals surface area contributed by atoms with Gasteiger partial charge in [-0.05, 0) is 63.6 Å². The summed E-state index contributed by atoms with van der Waals surface area (Å²) in [7, 11) is 0. The molecule has 6 unspecified atom stereocenters. The van der Waals surface area contributed by atoms with Gasteiger partial charge in [0.1, 0.15) is 5.84 Å². The molecule has 0 aromatic heterocycles. The average molecular weight is 633 g/mol. The molecule has 4 aliphatic rings. The lowest BCUT2D eigenvalue weighted by atomic mass is 9.64. The fourth-order valence-electron chi connectivity index (χ4n) is 8.34. The Labute approximate surface area is 290 Å². The lowest BCUT2D eigenvalue weighted by Gasteiger charge is -2.38. The summed E-state index contributed by atoms with van der Waals surface area (Å²) in [6, 6.07) is 40.9. The quantitative estimate of drug-likeness (QED) is 0.192. The van der Waals surface area contributed by atoms with Crippen LogP contribution in [0, 0.1) is 23.7 Å². The summed E-state index contributed by atoms with van der Waals surface area (Å²) in [6.45, 7) is 3.87. The third-order valence-electron chi connectivity index (χ3n) is 10.5. The molecular formula is C47H40N2. The average Bonchev–Trinajstić information content (AvgIpc) is 3.47. The number of nitrogens with one attached hydrogen (secondary N) is 1. The van der Waals surface area contributed by atoms with Crippen molar-refractivity contribution in [2.75, 3.05) is 0 Å². The van der Waals surface area contributed by atoms with Gasteiger partial charge in [0.15, 0.2) is 0 Å². The minimum Gasteiger partial charge on any atom is -0.340 e. The summed E-state index contributed by atoms with van der Waals surface area (Å²) < 4.78 is 0. The SMILES string of the molecule is C=C/C=C\C=CC1(c2ccccc2)C2C=CC=CC2C2C=C(c3cccc(C4C=C(c5ccccc5)NC(c5ccccc5)=N4)c3)C=CC21. The molecule has 1 saturated carbocycles. The molecule has 0 saturated heterocycles. The monoisotopic (exact) mass is 632 g/mol. The molecular weight excluding hydrogens is 593 g/mol. The molecule has 8 rings (SSSR count). The predicted molar refractivity (Wildman–Crippen MR) is 206 cm³/mol. The predicted octanol–water partition coefficient (Wildman–Crippen LogP) is 10.6. The van der Waals surface area contributed by atoms with E-state index in [4.69, 9.17) is 4.99 Å². The van der Waals surface area contributed by atoms with Gasteiger partial charge >= 0.3 is 0 Å². The van der Waals surface area contributed by atoms with Crippen LogP contribution in [0.15, 0.2) is 206 Å². The highest BCUT2D eigenvalue weighted by molar-refractivity contribution is 6.04. The van der Waals surface area contributed by atoms with E-state index in [1.807, 2.05) is 18.2 Å². The molecule has 6 atom stereocenters. The number of amidine groups is 1. The number of aliphatic imine (C=N–C) groups is 1. The van der Waals surface area contributed by atoms with Gasteiger partial charge in [0, 0.05) is 16.7 Å². The van der Waals surface area contributed by atoms with E-state index in [-0.39, 0.29) is 11.5 Å². The first-order valence-electron chi connectivity index (χ1n) is 17.3. The molecule has 1 aliphatic heterocycles. The second-order valence-corrected chi connectivity index (χ2v) is 13.2. The Kier molecular flexibility index (Phi) is 8.37. The highest BCUT2D eigenvalue weighted by Crippen LogP contribution is 2.61. The molecule has 4 aromatic carbocycles. The van der Waals surface area contributed by atoms with Gasteiger partial charge in [-0.2, -0.15) is 0 Å². The maximum atomic E-state index is 5.24. The van der Waals surface area contributed by atoms with Gasteiger partial charge in [-0.15, -0.1) is 0 Å². The minimum absolute atomic E-state index is 0.116. The van der Waals surface area contributed by atoms with Crippen LogP contribution >= 0.6 is 0 Å². The van der Waals surface area contributed by atoms with E-state index in [9.17, 15) is 0 Å². The van der Waals surface area contributed by atoms with Gasteiger partial charge < -0.3 is 5.32 Å². The summed E-state index contributed by atoms with van der Waals surface area (Å²) in [5, 5.41) is 3.62. The topological polar surface area (TPSA) is 24.4 Å². The molecule has 238 valence electrons. The number of rotatable bonds is 8. The van der Waals surface area contributed by atoms with E-state index in [0.717, 1.165) is 22.7 Å². The smallest absolute Gasteiger partial charge is 0.133 e. The Morgan fingerprint density at radius 3 is 2.10 bits per heavy atom. The second kappa shape index (κ2) is 13.4. The highest BCUT2D eigenvalue weighted by Gasteiger charge is 2.57. The van der Waals surface area contributed by atoms with Crippen molar-refractivity contribution in [3.63, 3.8) is 0 Å². The fourth-order valence-corrected chi connectivity index (χ4v) is 8.34. The molecule has 49 heavy (non-hydrogen) atoms. The number of hydrogen-bond donors (Lipinski definition) is 1. The van der Waals surface area contributed by atoms with Crippen molar-refractivity contribution in [2.24, 2.45) is 28.7 Å². The Bertz CT molecular complexity index is 2020. The number of allylic oxidation sites excluding steroid dienone is 13. The largest absolute Gasteiger partial charge is 0.340 e. The fraction of sp³-hybridized carbons (Fsp3) is 0.128. The van der Waals surface area contributed by atoms with Crippen molar-refractivity contribution in [2.45, 2.75) is 11.5 Å². The van der Waals surface area contributed by atoms with E-state index in [0.29, 0.717) is 23.7 Å². The zero-order chi connectivity index (χ0) is 33.0. The van der Waals surface area contributed by atoms with Crippen molar-refractivity contribution in [3.8, 4) is 0 Å². The lowest BCUT2D eigenvalue weighted by Crippen LogP contribution is -2.35. The van der Waals surface area contributed by atoms with E-state index in [1.54, 1.807) is 0 Å². The number of hydrogen-bond acceptors (Lipinski definition) is 2. The molecule has 0 radical (unpaired) electrons. The van der Waals surface area contributed by atoms with Crippen LogP contribution in [0.4, 0.5) is 0 Å². The Morgan fingerprint density at radius 1 is 0.633 bits per heavy atom. The van der Waals surface area contributed by atoms with Gasteiger partial charge in [0.25, 0.3) is 0 Å². The van der Waals surface area contributed by atoms with Crippen LogP contribution in [0.25, 0.3) is 11.3 Å². The summed E-state index contributed by atoms with van der Waals surface area (Å²) in [5.41, 5.74) is 8.18. The van der Waals surface area contributed by atoms with Crippen molar-refractivity contribution < 1.29 is 0 Å². The van der Waals surface area contributed by atoms with E-state index >= 15 is 0 Å². The van der Waals surface area contributed by atoms with E-state index in [1.165, 1.54) is 22.3 Å². The van der Waals surface area contributed by atoms with Crippen LogP contribution < -0.4 is 5.32 Å². The molecule has 2 nitrogen and oxygen atoms in total. The summed E-state index contributed by atoms with van der Waals surface area (Å²) in [4.78, 5) is 5.24. The van der Waals surface area contributed by atoms with Crippen LogP contribution in [0.2, 0.25) is 0 Å². The first-order chi connectivity index (χ1) is 24.2. The summed E-state index contributed by atoms with van der Waals surface area (Å²) in [5.74, 6) is 2.30. The zero-order valence-electron chi connectivity index (χ0n) is 27.5. The highest BCUT2D eigenvalue weighted by atomic mass is 15.0. The first-order valence-corrected chi connectivity index (χ1v) is 17.3. The Morgan fingerprint density at radius 2 is 1.33 bits per heavy atom. The zero-order valence-corrected chi connectivity index (χ0v) is 27.5. The Hall–Kier alpha value is -5.73. The molecule has 0 spiro atoms. The Balaban J connectivity index is 1.18. The summed E-state index contributed by atoms with van der Waals surface area (Å²) >= 11 is 0. The third kappa shape index (κ3) is 5.74. The van der Waals surface area contributed by atoms with Crippen LogP contribution in [0.5, 0.6) is 0 Å². The molecule has 1 fully saturated rings. The number of fused-ring (bicyclic) bond motifs is 3. The van der Waals surface area contributed by atoms with E-state index < -0.39 is 0 Å². The minimum atomic E-state index is -0.167. The van der Waals surface area contributed by atoms with Crippen LogP contribution in [-0.2, 0) is 5.41 Å². The second-order valence-electron chi connectivity index (χ2n) is 13.2. The van der Waals surface area contributed by atoms with Crippen molar-refractivity contribution in [3.05, 3.63) is 229 Å². The molecule has 2 heteroatoms. The molecule has 0 bridgehead atoms. The van der Waals surface area contributed by atoms with Crippen LogP contribution in [0.3, 0.4) is 0 Å². The van der Waals surface area contributed by atoms with E-state index in [2.05, 4.69) is 188 Å². The normalized spacial score (nSPS) is 26.9. The first kappa shape index (κ1) is 30.6. The van der Waals surface area contributed by atoms with Gasteiger partial charge in [0.2, 0.25) is 0 Å². The van der Waals surface area contributed by atoms with Crippen LogP contribution in [0.1, 0.15) is 33.9 Å². The van der Waals surface area contributed by atoms with Gasteiger partial charge in [0.05, 0.1) is 6.04 Å². The third-order valence-corrected chi connectivity index (χ3v) is 10.5. The maximum absolute atomic E-state index is 5.24. The standard InChI is InChI=1S/C47H40N2/c1-2-3-4-16-30-47(39-24-12-7-13-25-39)42-27-15-14-26-40(42)41-32-37(28-29-43(41)47)36-22-17-23-38(31-36)45-33-44(34-18-8-5-9-19-34)48-46(49-45)35-20-10-6-11-21-35/h2-33,40-43,45H,1H2,(H,48,49)/b4-3-,30-16?. The van der Waals surface area contributed by atoms with Gasteiger partial charge in [-0.25, -0.2) is 0 Å². The van der Waals surface area contributed by atoms with Gasteiger partial charge in [-0.3, -0.25) is 4.99 Å². The summed E-state index contributed by atoms with van der Waals surface area (Å²) in [6.07, 6.45) is 29.6. The molecule has 3 aliphatic carbocycles. The van der Waals surface area contributed by atoms with Crippen LogP contribution in [-0.4, -0.2) is 5.84 Å². The maximum Gasteiger partial charge on any atom is 0.133 e. The van der Waals surface area contributed by atoms with Gasteiger partial charge in [-0.1, -0.05) is 189 Å². The van der Waals surface area contributed by atoms with Crippen molar-refractivity contribution in [1.29, 1.82) is 0 Å². The molecule has 4 aromatic rings. The molecule has 1 heterocycles.